The molecule has 0 aromatic carbocycles. The van der Waals surface area contributed by atoms with Gasteiger partial charge in [-0.1, -0.05) is 12.8 Å². The molecule has 0 saturated heterocycles. The van der Waals surface area contributed by atoms with Crippen LogP contribution < -0.4 is 11.1 Å². The average molecular weight is 241 g/mol. The maximum atomic E-state index is 6.05. The van der Waals surface area contributed by atoms with Gasteiger partial charge in [0.1, 0.15) is 0 Å². The smallest absolute Gasteiger partial charge is 0.00792 e. The maximum absolute atomic E-state index is 6.05. The first kappa shape index (κ1) is 14.5. The summed E-state index contributed by atoms with van der Waals surface area (Å²) in [6.45, 7) is 1.17. The quantitative estimate of drug-likeness (QED) is 0.794. The van der Waals surface area contributed by atoms with Crippen molar-refractivity contribution in [3.8, 4) is 0 Å². The van der Waals surface area contributed by atoms with Crippen molar-refractivity contribution in [1.29, 1.82) is 0 Å². The second kappa shape index (κ2) is 6.89. The van der Waals surface area contributed by atoms with E-state index < -0.39 is 0 Å². The number of hydrogen-bond donors (Lipinski definition) is 2. The Kier molecular flexibility index (Phi) is 7.13. The molecule has 2 saturated carbocycles. The largest absolute Gasteiger partial charge is 0.327 e. The van der Waals surface area contributed by atoms with E-state index in [9.17, 15) is 0 Å². The van der Waals surface area contributed by atoms with Gasteiger partial charge in [0.25, 0.3) is 0 Å². The summed E-state index contributed by atoms with van der Waals surface area (Å²) in [5.74, 6) is 0.763. The van der Waals surface area contributed by atoms with E-state index in [4.69, 9.17) is 5.73 Å². The number of nitrogens with one attached hydrogen (secondary N) is 1. The van der Waals surface area contributed by atoms with Crippen LogP contribution >= 0.6 is 24.8 Å². The predicted octanol–water partition coefficient (Wildman–Crippen LogP) is 2.10. The Bertz CT molecular complexity index is 151. The highest BCUT2D eigenvalue weighted by atomic mass is 35.5. The third-order valence-electron chi connectivity index (χ3n) is 3.21. The zero-order chi connectivity index (χ0) is 8.39. The predicted molar refractivity (Wildman–Crippen MR) is 65.5 cm³/mol. The Morgan fingerprint density at radius 2 is 1.64 bits per heavy atom. The lowest BCUT2D eigenvalue weighted by Crippen LogP contribution is -2.39. The number of halogens is 2. The van der Waals surface area contributed by atoms with Gasteiger partial charge in [0.2, 0.25) is 0 Å². The summed E-state index contributed by atoms with van der Waals surface area (Å²) in [7, 11) is 0. The van der Waals surface area contributed by atoms with Gasteiger partial charge in [-0.15, -0.1) is 24.8 Å². The lowest BCUT2D eigenvalue weighted by atomic mass is 9.85. The minimum Gasteiger partial charge on any atom is -0.327 e. The van der Waals surface area contributed by atoms with Crippen molar-refractivity contribution >= 4 is 24.8 Å². The lowest BCUT2D eigenvalue weighted by molar-refractivity contribution is 0.296. The van der Waals surface area contributed by atoms with Crippen molar-refractivity contribution in [2.45, 2.75) is 50.6 Å². The van der Waals surface area contributed by atoms with Crippen LogP contribution in [-0.4, -0.2) is 18.6 Å². The Labute approximate surface area is 99.2 Å². The molecule has 2 aliphatic carbocycles. The fourth-order valence-corrected chi connectivity index (χ4v) is 2.10. The summed E-state index contributed by atoms with van der Waals surface area (Å²) in [5, 5.41) is 3.58. The Balaban J connectivity index is 0.000000845. The zero-order valence-corrected chi connectivity index (χ0v) is 10.2. The van der Waals surface area contributed by atoms with Gasteiger partial charge in [-0.2, -0.15) is 0 Å². The topological polar surface area (TPSA) is 38.0 Å². The van der Waals surface area contributed by atoms with Gasteiger partial charge < -0.3 is 11.1 Å². The molecule has 86 valence electrons. The summed E-state index contributed by atoms with van der Waals surface area (Å²) in [6.07, 6.45) is 8.12. The molecule has 3 N–H and O–H groups in total. The van der Waals surface area contributed by atoms with Crippen LogP contribution in [0.2, 0.25) is 0 Å². The van der Waals surface area contributed by atoms with Gasteiger partial charge >= 0.3 is 0 Å². The van der Waals surface area contributed by atoms with E-state index in [2.05, 4.69) is 5.32 Å². The fourth-order valence-electron chi connectivity index (χ4n) is 2.10. The Morgan fingerprint density at radius 1 is 1.00 bits per heavy atom. The van der Waals surface area contributed by atoms with Gasteiger partial charge in [0.05, 0.1) is 0 Å². The highest BCUT2D eigenvalue weighted by Crippen LogP contribution is 2.24. The van der Waals surface area contributed by atoms with Crippen LogP contribution in [0.15, 0.2) is 0 Å². The van der Waals surface area contributed by atoms with Crippen LogP contribution in [0.25, 0.3) is 0 Å². The van der Waals surface area contributed by atoms with Crippen LogP contribution in [-0.2, 0) is 0 Å². The summed E-state index contributed by atoms with van der Waals surface area (Å²) >= 11 is 0. The molecule has 2 aliphatic rings. The van der Waals surface area contributed by atoms with E-state index in [1.165, 1.54) is 45.1 Å². The standard InChI is InChI=1S/C10H20N2.2ClH/c11-10-4-2-1-3-8(10)7-12-9-5-6-9;;/h8-10,12H,1-7,11H2;2*1H. The molecule has 0 aliphatic heterocycles. The average Bonchev–Trinajstić information content (AvgIpc) is 2.86. The van der Waals surface area contributed by atoms with Crippen LogP contribution in [0.5, 0.6) is 0 Å². The molecule has 2 rings (SSSR count). The molecule has 4 heteroatoms. The SMILES string of the molecule is Cl.Cl.NC1CCCCC1CNC1CC1. The van der Waals surface area contributed by atoms with Crippen molar-refractivity contribution in [3.05, 3.63) is 0 Å². The highest BCUT2D eigenvalue weighted by molar-refractivity contribution is 5.85. The zero-order valence-electron chi connectivity index (χ0n) is 8.58. The van der Waals surface area contributed by atoms with Gasteiger partial charge in [-0.05, 0) is 38.1 Å². The van der Waals surface area contributed by atoms with E-state index >= 15 is 0 Å². The molecule has 0 aromatic rings. The minimum absolute atomic E-state index is 0. The van der Waals surface area contributed by atoms with E-state index in [0.29, 0.717) is 6.04 Å². The third-order valence-corrected chi connectivity index (χ3v) is 3.21. The van der Waals surface area contributed by atoms with Crippen molar-refractivity contribution in [1.82, 2.24) is 5.32 Å². The summed E-state index contributed by atoms with van der Waals surface area (Å²) < 4.78 is 0. The molecule has 0 spiro atoms. The molecule has 2 fully saturated rings. The molecular formula is C10H22Cl2N2. The number of rotatable bonds is 3. The number of nitrogens with two attached hydrogens (primary N) is 1. The molecule has 0 bridgehead atoms. The van der Waals surface area contributed by atoms with E-state index in [1.54, 1.807) is 0 Å². The third kappa shape index (κ3) is 4.35. The van der Waals surface area contributed by atoms with Crippen molar-refractivity contribution in [2.24, 2.45) is 11.7 Å². The van der Waals surface area contributed by atoms with Crippen LogP contribution in [0.3, 0.4) is 0 Å². The Morgan fingerprint density at radius 3 is 2.21 bits per heavy atom. The van der Waals surface area contributed by atoms with Crippen LogP contribution in [0.1, 0.15) is 38.5 Å². The summed E-state index contributed by atoms with van der Waals surface area (Å²) in [4.78, 5) is 0. The van der Waals surface area contributed by atoms with Gasteiger partial charge in [-0.3, -0.25) is 0 Å². The minimum atomic E-state index is 0. The second-order valence-electron chi connectivity index (χ2n) is 4.39. The fraction of sp³-hybridized carbons (Fsp3) is 1.00. The van der Waals surface area contributed by atoms with Crippen LogP contribution in [0, 0.1) is 5.92 Å². The maximum Gasteiger partial charge on any atom is 0.00792 e. The molecule has 2 unspecified atom stereocenters. The first-order chi connectivity index (χ1) is 5.86. The monoisotopic (exact) mass is 240 g/mol. The number of hydrogen-bond acceptors (Lipinski definition) is 2. The van der Waals surface area contributed by atoms with E-state index in [1.807, 2.05) is 0 Å². The molecule has 0 amide bonds. The molecule has 2 nitrogen and oxygen atoms in total. The Hall–Kier alpha value is 0.500. The van der Waals surface area contributed by atoms with Gasteiger partial charge in [-0.25, -0.2) is 0 Å². The van der Waals surface area contributed by atoms with Crippen molar-refractivity contribution in [3.63, 3.8) is 0 Å². The second-order valence-corrected chi connectivity index (χ2v) is 4.39. The molecule has 14 heavy (non-hydrogen) atoms. The molecule has 2 atom stereocenters. The van der Waals surface area contributed by atoms with E-state index in [0.717, 1.165) is 12.0 Å². The van der Waals surface area contributed by atoms with E-state index in [-0.39, 0.29) is 24.8 Å². The van der Waals surface area contributed by atoms with Crippen LogP contribution in [0.4, 0.5) is 0 Å². The van der Waals surface area contributed by atoms with Gasteiger partial charge in [0, 0.05) is 12.1 Å². The molecule has 0 aromatic heterocycles. The molecular weight excluding hydrogens is 219 g/mol. The van der Waals surface area contributed by atoms with Crippen molar-refractivity contribution < 1.29 is 0 Å². The highest BCUT2D eigenvalue weighted by Gasteiger charge is 2.25. The normalized spacial score (nSPS) is 31.5. The lowest BCUT2D eigenvalue weighted by Gasteiger charge is -2.28. The molecule has 0 radical (unpaired) electrons. The first-order valence-corrected chi connectivity index (χ1v) is 5.35. The first-order valence-electron chi connectivity index (χ1n) is 5.35. The van der Waals surface area contributed by atoms with Gasteiger partial charge in [0.15, 0.2) is 0 Å². The molecule has 0 heterocycles. The summed E-state index contributed by atoms with van der Waals surface area (Å²) in [6, 6.07) is 1.32. The van der Waals surface area contributed by atoms with Crippen molar-refractivity contribution in [2.75, 3.05) is 6.54 Å². The summed E-state index contributed by atoms with van der Waals surface area (Å²) in [5.41, 5.74) is 6.05.